The number of hydrogen-bond acceptors (Lipinski definition) is 4. The Morgan fingerprint density at radius 2 is 1.11 bits per heavy atom. The van der Waals surface area contributed by atoms with Crippen LogP contribution < -0.4 is 0 Å². The molecular weight excluding hydrogens is 338 g/mol. The molecule has 2 aliphatic rings. The van der Waals surface area contributed by atoms with Gasteiger partial charge >= 0.3 is 14.2 Å². The van der Waals surface area contributed by atoms with Crippen LogP contribution in [0.25, 0.3) is 5.47 Å². The fourth-order valence-electron chi connectivity index (χ4n) is 3.13. The maximum Gasteiger partial charge on any atom is 0.494 e. The summed E-state index contributed by atoms with van der Waals surface area (Å²) in [5.74, 6) is 2.00. The molecule has 4 nitrogen and oxygen atoms in total. The minimum absolute atomic E-state index is 0.386. The molecule has 0 N–H and O–H groups in total. The van der Waals surface area contributed by atoms with Gasteiger partial charge in [-0.3, -0.25) is 0 Å². The summed E-state index contributed by atoms with van der Waals surface area (Å²) in [7, 11) is -0.929. The molecule has 0 atom stereocenters. The van der Waals surface area contributed by atoms with Crippen LogP contribution in [0.15, 0.2) is 30.2 Å². The lowest BCUT2D eigenvalue weighted by Crippen LogP contribution is -2.41. The molecule has 146 valence electrons. The third kappa shape index (κ3) is 3.77. The number of aryl methyl sites for hydroxylation is 1. The van der Waals surface area contributed by atoms with Crippen molar-refractivity contribution in [3.8, 4) is 0 Å². The summed E-state index contributed by atoms with van der Waals surface area (Å²) < 4.78 is 25.0. The van der Waals surface area contributed by atoms with Crippen molar-refractivity contribution in [3.05, 3.63) is 41.4 Å². The van der Waals surface area contributed by atoms with E-state index < -0.39 is 25.4 Å². The number of rotatable bonds is 3. The van der Waals surface area contributed by atoms with Gasteiger partial charge in [0.15, 0.2) is 0 Å². The van der Waals surface area contributed by atoms with Crippen molar-refractivity contribution in [2.75, 3.05) is 0 Å². The van der Waals surface area contributed by atoms with Crippen LogP contribution in [0.5, 0.6) is 0 Å². The Morgan fingerprint density at radius 3 is 1.56 bits per heavy atom. The van der Waals surface area contributed by atoms with Gasteiger partial charge in [0.05, 0.1) is 22.4 Å². The molecule has 27 heavy (non-hydrogen) atoms. The van der Waals surface area contributed by atoms with E-state index in [0.29, 0.717) is 0 Å². The maximum atomic E-state index is 6.32. The SMILES string of the molecule is Cc1ccc(/C(=C\B2OC(C)(C)C(C)(C)O2)B2OC(C)(C)C(C)(C)O2)cc1. The fraction of sp³-hybridized carbons (Fsp3) is 0.619. The Labute approximate surface area is 164 Å². The lowest BCUT2D eigenvalue weighted by molar-refractivity contribution is 0.00578. The van der Waals surface area contributed by atoms with Crippen LogP contribution >= 0.6 is 0 Å². The Kier molecular flexibility index (Phi) is 4.96. The molecule has 2 saturated heterocycles. The first-order chi connectivity index (χ1) is 12.2. The van der Waals surface area contributed by atoms with Gasteiger partial charge in [0.2, 0.25) is 0 Å². The molecule has 0 spiro atoms. The van der Waals surface area contributed by atoms with Crippen LogP contribution in [0.1, 0.15) is 66.5 Å². The van der Waals surface area contributed by atoms with Gasteiger partial charge in [0, 0.05) is 0 Å². The molecular formula is C21H32B2O4. The van der Waals surface area contributed by atoms with Crippen LogP contribution in [0.3, 0.4) is 0 Å². The summed E-state index contributed by atoms with van der Waals surface area (Å²) in [5.41, 5.74) is 1.61. The van der Waals surface area contributed by atoms with E-state index >= 15 is 0 Å². The van der Waals surface area contributed by atoms with Crippen molar-refractivity contribution >= 4 is 19.7 Å². The predicted molar refractivity (Wildman–Crippen MR) is 111 cm³/mol. The number of benzene rings is 1. The largest absolute Gasteiger partial charge is 0.494 e. The smallest absolute Gasteiger partial charge is 0.400 e. The standard InChI is InChI=1S/C21H32B2O4/c1-15-10-12-16(13-11-15)17(23-26-20(6,7)21(8,9)27-23)14-22-24-18(2,3)19(4,5)25-22/h10-14H,1-9H3/b17-14+. The molecule has 3 rings (SSSR count). The average Bonchev–Trinajstić information content (AvgIpc) is 2.85. The quantitative estimate of drug-likeness (QED) is 0.727. The van der Waals surface area contributed by atoms with Crippen molar-refractivity contribution in [1.29, 1.82) is 0 Å². The molecule has 2 aliphatic heterocycles. The predicted octanol–water partition coefficient (Wildman–Crippen LogP) is 4.64. The van der Waals surface area contributed by atoms with Crippen LogP contribution in [-0.2, 0) is 18.6 Å². The molecule has 0 unspecified atom stereocenters. The summed E-state index contributed by atoms with van der Waals surface area (Å²) in [6.07, 6.45) is 0. The summed E-state index contributed by atoms with van der Waals surface area (Å²) in [6.45, 7) is 18.6. The van der Waals surface area contributed by atoms with Crippen LogP contribution in [0.4, 0.5) is 0 Å². The topological polar surface area (TPSA) is 36.9 Å². The second kappa shape index (κ2) is 6.48. The highest BCUT2D eigenvalue weighted by molar-refractivity contribution is 6.72. The molecule has 2 heterocycles. The summed E-state index contributed by atoms with van der Waals surface area (Å²) in [4.78, 5) is 0. The third-order valence-corrected chi connectivity index (χ3v) is 6.48. The van der Waals surface area contributed by atoms with E-state index in [2.05, 4.69) is 86.6 Å². The van der Waals surface area contributed by atoms with Crippen molar-refractivity contribution in [1.82, 2.24) is 0 Å². The number of hydrogen-bond donors (Lipinski definition) is 0. The second-order valence-electron chi connectivity index (χ2n) is 9.70. The normalized spacial score (nSPS) is 25.9. The summed E-state index contributed by atoms with van der Waals surface area (Å²) in [5, 5.41) is 0. The molecule has 0 aliphatic carbocycles. The van der Waals surface area contributed by atoms with Crippen LogP contribution in [0.2, 0.25) is 0 Å². The molecule has 0 radical (unpaired) electrons. The Bertz CT molecular complexity index is 703. The van der Waals surface area contributed by atoms with Gasteiger partial charge in [-0.2, -0.15) is 0 Å². The van der Waals surface area contributed by atoms with Crippen molar-refractivity contribution in [2.45, 2.75) is 84.7 Å². The first-order valence-corrected chi connectivity index (χ1v) is 9.74. The zero-order valence-corrected chi connectivity index (χ0v) is 18.2. The summed E-state index contributed by atoms with van der Waals surface area (Å²) in [6, 6.07) is 8.38. The molecule has 0 saturated carbocycles. The Balaban J connectivity index is 1.98. The van der Waals surface area contributed by atoms with E-state index in [9.17, 15) is 0 Å². The summed E-state index contributed by atoms with van der Waals surface area (Å²) >= 11 is 0. The van der Waals surface area contributed by atoms with Gasteiger partial charge in [-0.1, -0.05) is 35.8 Å². The van der Waals surface area contributed by atoms with Gasteiger partial charge in [0.25, 0.3) is 0 Å². The zero-order chi connectivity index (χ0) is 20.3. The first kappa shape index (κ1) is 20.7. The van der Waals surface area contributed by atoms with Gasteiger partial charge in [-0.15, -0.1) is 0 Å². The van der Waals surface area contributed by atoms with E-state index in [0.717, 1.165) is 11.0 Å². The molecule has 6 heteroatoms. The van der Waals surface area contributed by atoms with Crippen LogP contribution in [-0.4, -0.2) is 36.6 Å². The van der Waals surface area contributed by atoms with E-state index in [1.165, 1.54) is 5.56 Å². The van der Waals surface area contributed by atoms with E-state index in [-0.39, 0.29) is 11.2 Å². The van der Waals surface area contributed by atoms with E-state index in [4.69, 9.17) is 18.6 Å². The average molecular weight is 370 g/mol. The zero-order valence-electron chi connectivity index (χ0n) is 18.2. The maximum absolute atomic E-state index is 6.32. The Morgan fingerprint density at radius 1 is 0.704 bits per heavy atom. The molecule has 0 bridgehead atoms. The molecule has 0 aromatic heterocycles. The molecule has 2 fully saturated rings. The minimum atomic E-state index is -0.475. The monoisotopic (exact) mass is 370 g/mol. The highest BCUT2D eigenvalue weighted by atomic mass is 16.7. The lowest BCUT2D eigenvalue weighted by atomic mass is 9.68. The second-order valence-corrected chi connectivity index (χ2v) is 9.70. The highest BCUT2D eigenvalue weighted by Crippen LogP contribution is 2.42. The highest BCUT2D eigenvalue weighted by Gasteiger charge is 2.54. The molecule has 1 aromatic rings. The first-order valence-electron chi connectivity index (χ1n) is 9.74. The molecule has 1 aromatic carbocycles. The van der Waals surface area contributed by atoms with Crippen molar-refractivity contribution in [3.63, 3.8) is 0 Å². The minimum Gasteiger partial charge on any atom is -0.400 e. The fourth-order valence-corrected chi connectivity index (χ4v) is 3.13. The molecule has 0 amide bonds. The van der Waals surface area contributed by atoms with Gasteiger partial charge in [-0.05, 0) is 73.3 Å². The third-order valence-electron chi connectivity index (χ3n) is 6.48. The van der Waals surface area contributed by atoms with Crippen molar-refractivity contribution < 1.29 is 18.6 Å². The van der Waals surface area contributed by atoms with Crippen LogP contribution in [0, 0.1) is 6.92 Å². The van der Waals surface area contributed by atoms with Gasteiger partial charge in [0.1, 0.15) is 0 Å². The Hall–Kier alpha value is -1.07. The van der Waals surface area contributed by atoms with E-state index in [1.807, 2.05) is 5.98 Å². The van der Waals surface area contributed by atoms with Gasteiger partial charge in [-0.25, -0.2) is 0 Å². The van der Waals surface area contributed by atoms with E-state index in [1.54, 1.807) is 0 Å². The van der Waals surface area contributed by atoms with Gasteiger partial charge < -0.3 is 18.6 Å². The van der Waals surface area contributed by atoms with Crippen molar-refractivity contribution in [2.24, 2.45) is 0 Å². The lowest BCUT2D eigenvalue weighted by Gasteiger charge is -2.32.